The summed E-state index contributed by atoms with van der Waals surface area (Å²) < 4.78 is 1.72. The number of fused-ring (bicyclic) bond motifs is 2. The van der Waals surface area contributed by atoms with E-state index in [4.69, 9.17) is 0 Å². The molecule has 0 saturated carbocycles. The molecule has 9 nitrogen and oxygen atoms in total. The maximum absolute atomic E-state index is 13.5. The number of aryl methyl sites for hydroxylation is 1. The van der Waals surface area contributed by atoms with Crippen LogP contribution in [0.2, 0.25) is 0 Å². The van der Waals surface area contributed by atoms with Gasteiger partial charge in [0.2, 0.25) is 11.8 Å². The van der Waals surface area contributed by atoms with E-state index in [9.17, 15) is 19.2 Å². The minimum Gasteiger partial charge on any atom is -0.349 e. The molecule has 5 rings (SSSR count). The molecule has 2 aromatic rings. The van der Waals surface area contributed by atoms with Crippen LogP contribution in [0.4, 0.5) is 0 Å². The smallest absolute Gasteiger partial charge is 0.268 e. The summed E-state index contributed by atoms with van der Waals surface area (Å²) in [6.45, 7) is 0.644. The van der Waals surface area contributed by atoms with E-state index >= 15 is 0 Å². The van der Waals surface area contributed by atoms with Crippen molar-refractivity contribution in [3.63, 3.8) is 0 Å². The third-order valence-electron chi connectivity index (χ3n) is 6.66. The maximum atomic E-state index is 13.5. The van der Waals surface area contributed by atoms with Crippen molar-refractivity contribution in [2.24, 2.45) is 7.05 Å². The molecule has 1 aromatic heterocycles. The Labute approximate surface area is 185 Å². The van der Waals surface area contributed by atoms with Gasteiger partial charge >= 0.3 is 0 Å². The standard InChI is InChI=1S/C23H25N5O4/c1-26-10-5-8-17(26)20(29)24-15-12-18-21(30)25-16-9-11-27(19(16)23(32)28(18)13-15)22(31)14-6-3-2-4-7-14/h2-8,10,15-16,18-19H,9,11-13H2,1H3,(H,24,29)(H,25,30)/t15-,16-,18+,19-/m0/s1. The normalized spacial score (nSPS) is 26.9. The van der Waals surface area contributed by atoms with Gasteiger partial charge in [0.05, 0.1) is 6.04 Å². The molecule has 3 aliphatic heterocycles. The van der Waals surface area contributed by atoms with Gasteiger partial charge in [-0.1, -0.05) is 18.2 Å². The van der Waals surface area contributed by atoms with Crippen LogP contribution in [0.3, 0.4) is 0 Å². The minimum absolute atomic E-state index is 0.216. The zero-order valence-corrected chi connectivity index (χ0v) is 17.7. The van der Waals surface area contributed by atoms with E-state index in [2.05, 4.69) is 10.6 Å². The summed E-state index contributed by atoms with van der Waals surface area (Å²) in [6.07, 6.45) is 2.67. The van der Waals surface area contributed by atoms with Crippen molar-refractivity contribution >= 4 is 23.6 Å². The summed E-state index contributed by atoms with van der Waals surface area (Å²) in [5, 5.41) is 5.92. The molecule has 3 saturated heterocycles. The van der Waals surface area contributed by atoms with Crippen LogP contribution in [-0.2, 0) is 16.6 Å². The summed E-state index contributed by atoms with van der Waals surface area (Å²) in [4.78, 5) is 55.3. The SMILES string of the molecule is Cn1cccc1C(=O)N[C@H]1C[C@@H]2C(=O)N[C@H]3CCN(C(=O)c4ccccc4)[C@@H]3C(=O)N2C1. The number of carbonyl (C=O) groups excluding carboxylic acids is 4. The van der Waals surface area contributed by atoms with E-state index in [-0.39, 0.29) is 36.2 Å². The molecule has 32 heavy (non-hydrogen) atoms. The molecule has 0 spiro atoms. The summed E-state index contributed by atoms with van der Waals surface area (Å²) in [5.74, 6) is -0.925. The molecule has 0 aliphatic carbocycles. The highest BCUT2D eigenvalue weighted by Gasteiger charge is 2.52. The van der Waals surface area contributed by atoms with Gasteiger partial charge in [0.25, 0.3) is 11.8 Å². The Balaban J connectivity index is 1.35. The number of benzene rings is 1. The van der Waals surface area contributed by atoms with Crippen LogP contribution >= 0.6 is 0 Å². The lowest BCUT2D eigenvalue weighted by molar-refractivity contribution is -0.138. The van der Waals surface area contributed by atoms with E-state index in [1.807, 2.05) is 6.07 Å². The minimum atomic E-state index is -0.737. The molecule has 166 valence electrons. The van der Waals surface area contributed by atoms with Crippen LogP contribution in [-0.4, -0.2) is 75.3 Å². The molecule has 4 atom stereocenters. The zero-order valence-electron chi connectivity index (χ0n) is 17.7. The molecule has 1 aromatic carbocycles. The Kier molecular flexibility index (Phi) is 4.96. The van der Waals surface area contributed by atoms with Crippen molar-refractivity contribution in [2.45, 2.75) is 37.0 Å². The molecule has 2 N–H and O–H groups in total. The van der Waals surface area contributed by atoms with Gasteiger partial charge in [-0.15, -0.1) is 0 Å². The van der Waals surface area contributed by atoms with Gasteiger partial charge < -0.3 is 25.0 Å². The van der Waals surface area contributed by atoms with Crippen molar-refractivity contribution in [1.29, 1.82) is 0 Å². The van der Waals surface area contributed by atoms with Gasteiger partial charge in [-0.25, -0.2) is 0 Å². The first-order valence-corrected chi connectivity index (χ1v) is 10.8. The van der Waals surface area contributed by atoms with E-state index in [1.54, 1.807) is 59.1 Å². The van der Waals surface area contributed by atoms with Gasteiger partial charge in [0.15, 0.2) is 0 Å². The Morgan fingerprint density at radius 3 is 2.59 bits per heavy atom. The molecule has 0 unspecified atom stereocenters. The molecule has 0 bridgehead atoms. The summed E-state index contributed by atoms with van der Waals surface area (Å²) >= 11 is 0. The highest BCUT2D eigenvalue weighted by atomic mass is 16.2. The third-order valence-corrected chi connectivity index (χ3v) is 6.66. The third kappa shape index (κ3) is 3.34. The van der Waals surface area contributed by atoms with Crippen LogP contribution < -0.4 is 10.6 Å². The van der Waals surface area contributed by atoms with Crippen molar-refractivity contribution in [3.05, 3.63) is 59.9 Å². The lowest BCUT2D eigenvalue weighted by Crippen LogP contribution is -2.52. The summed E-state index contributed by atoms with van der Waals surface area (Å²) in [6, 6.07) is 10.2. The quantitative estimate of drug-likeness (QED) is 0.716. The molecule has 0 radical (unpaired) electrons. The predicted molar refractivity (Wildman–Crippen MR) is 115 cm³/mol. The number of nitrogens with one attached hydrogen (secondary N) is 2. The second kappa shape index (κ2) is 7.81. The molecular weight excluding hydrogens is 410 g/mol. The topological polar surface area (TPSA) is 104 Å². The van der Waals surface area contributed by atoms with Crippen LogP contribution in [0.15, 0.2) is 48.7 Å². The van der Waals surface area contributed by atoms with Gasteiger partial charge in [0, 0.05) is 37.9 Å². The Morgan fingerprint density at radius 2 is 1.88 bits per heavy atom. The lowest BCUT2D eigenvalue weighted by Gasteiger charge is -2.29. The van der Waals surface area contributed by atoms with Gasteiger partial charge in [0.1, 0.15) is 17.8 Å². The largest absolute Gasteiger partial charge is 0.349 e. The Morgan fingerprint density at radius 1 is 1.09 bits per heavy atom. The molecule has 3 fully saturated rings. The molecule has 4 amide bonds. The number of aromatic nitrogens is 1. The predicted octanol–water partition coefficient (Wildman–Crippen LogP) is 0.138. The van der Waals surface area contributed by atoms with E-state index in [1.165, 1.54) is 4.90 Å². The molecule has 4 heterocycles. The fraction of sp³-hybridized carbons (Fsp3) is 0.391. The first-order valence-electron chi connectivity index (χ1n) is 10.8. The van der Waals surface area contributed by atoms with Gasteiger partial charge in [-0.3, -0.25) is 19.2 Å². The fourth-order valence-corrected chi connectivity index (χ4v) is 5.06. The average Bonchev–Trinajstić information content (AvgIpc) is 3.50. The summed E-state index contributed by atoms with van der Waals surface area (Å²) in [5.41, 5.74) is 1.03. The number of amides is 4. The van der Waals surface area contributed by atoms with E-state index in [0.29, 0.717) is 30.6 Å². The van der Waals surface area contributed by atoms with Crippen molar-refractivity contribution in [1.82, 2.24) is 25.0 Å². The highest BCUT2D eigenvalue weighted by Crippen LogP contribution is 2.30. The molecule has 3 aliphatic rings. The number of hydrogen-bond donors (Lipinski definition) is 2. The second-order valence-electron chi connectivity index (χ2n) is 8.63. The van der Waals surface area contributed by atoms with Crippen molar-refractivity contribution in [2.75, 3.05) is 13.1 Å². The van der Waals surface area contributed by atoms with Crippen molar-refractivity contribution in [3.8, 4) is 0 Å². The molecular formula is C23H25N5O4. The van der Waals surface area contributed by atoms with Crippen LogP contribution in [0, 0.1) is 0 Å². The highest BCUT2D eigenvalue weighted by molar-refractivity contribution is 6.01. The zero-order chi connectivity index (χ0) is 22.4. The van der Waals surface area contributed by atoms with Gasteiger partial charge in [-0.2, -0.15) is 0 Å². The summed E-state index contributed by atoms with van der Waals surface area (Å²) in [7, 11) is 1.78. The monoisotopic (exact) mass is 435 g/mol. The lowest BCUT2D eigenvalue weighted by atomic mass is 10.1. The first-order chi connectivity index (χ1) is 15.4. The van der Waals surface area contributed by atoms with Crippen LogP contribution in [0.25, 0.3) is 0 Å². The average molecular weight is 435 g/mol. The van der Waals surface area contributed by atoms with E-state index < -0.39 is 18.1 Å². The fourth-order valence-electron chi connectivity index (χ4n) is 5.06. The Bertz CT molecular complexity index is 1080. The molecule has 9 heteroatoms. The van der Waals surface area contributed by atoms with Crippen molar-refractivity contribution < 1.29 is 19.2 Å². The Hall–Kier alpha value is -3.62. The number of carbonyl (C=O) groups is 4. The number of rotatable bonds is 3. The van der Waals surface area contributed by atoms with Gasteiger partial charge in [-0.05, 0) is 37.1 Å². The van der Waals surface area contributed by atoms with Crippen LogP contribution in [0.5, 0.6) is 0 Å². The number of hydrogen-bond acceptors (Lipinski definition) is 4. The van der Waals surface area contributed by atoms with E-state index in [0.717, 1.165) is 0 Å². The number of nitrogens with zero attached hydrogens (tertiary/aromatic N) is 3. The first kappa shape index (κ1) is 20.3. The van der Waals surface area contributed by atoms with Crippen LogP contribution in [0.1, 0.15) is 33.7 Å². The maximum Gasteiger partial charge on any atom is 0.268 e. The number of likely N-dealkylation sites (tertiary alicyclic amines) is 1. The second-order valence-corrected chi connectivity index (χ2v) is 8.63.